The number of fused-ring (bicyclic) bond motifs is 4. The minimum atomic E-state index is 0.299. The van der Waals surface area contributed by atoms with Crippen LogP contribution in [0.1, 0.15) is 92.9 Å². The standard InChI is InChI=1S/C38H48N8/c39-37-41-38(44-46(37)35-23-31-14-7-13-29-12-5-6-15-34(29)36(31)43-42-35)40-32-19-16-28-17-20-33(21-18-30(28)22-32)45(24-26-8-1-2-9-26)25-27-10-3-4-11-27/h5-6,12,15-16,19,22-23,26-27,33H,1-4,7-11,13-14,17-18,20-21,24-25H2,(H3,39,40,41,44)/t33-/m1/s1. The van der Waals surface area contributed by atoms with Crippen molar-refractivity contribution in [3.05, 3.63) is 70.8 Å². The number of nitrogens with zero attached hydrogens (tertiary/aromatic N) is 6. The molecule has 0 bridgehead atoms. The van der Waals surface area contributed by atoms with Crippen molar-refractivity contribution in [3.8, 4) is 17.1 Å². The van der Waals surface area contributed by atoms with Gasteiger partial charge in [0.25, 0.3) is 0 Å². The van der Waals surface area contributed by atoms with E-state index in [0.29, 0.717) is 23.8 Å². The SMILES string of the molecule is Nc1nc(Nc2ccc3c(c2)CC[C@H](N(CC2CCCC2)CC2CCCC2)CC3)nn1-c1cc2c(nn1)-c1ccccc1CCC2. The van der Waals surface area contributed by atoms with Gasteiger partial charge < -0.3 is 11.1 Å². The molecule has 46 heavy (non-hydrogen) atoms. The van der Waals surface area contributed by atoms with Gasteiger partial charge in [-0.05, 0) is 123 Å². The summed E-state index contributed by atoms with van der Waals surface area (Å²) in [6.07, 6.45) is 19.3. The molecule has 4 aliphatic carbocycles. The number of nitrogens with one attached hydrogen (secondary N) is 1. The molecule has 0 unspecified atom stereocenters. The molecule has 0 amide bonds. The van der Waals surface area contributed by atoms with Gasteiger partial charge in [0, 0.05) is 30.4 Å². The molecule has 0 radical (unpaired) electrons. The van der Waals surface area contributed by atoms with Gasteiger partial charge in [0.2, 0.25) is 11.9 Å². The Hall–Kier alpha value is -3.78. The molecule has 8 heteroatoms. The molecule has 8 rings (SSSR count). The largest absolute Gasteiger partial charge is 0.368 e. The van der Waals surface area contributed by atoms with Crippen LogP contribution in [0, 0.1) is 11.8 Å². The zero-order valence-corrected chi connectivity index (χ0v) is 27.1. The highest BCUT2D eigenvalue weighted by Gasteiger charge is 2.29. The van der Waals surface area contributed by atoms with Gasteiger partial charge in [-0.2, -0.15) is 9.67 Å². The first-order valence-corrected chi connectivity index (χ1v) is 18.0. The predicted molar refractivity (Wildman–Crippen MR) is 184 cm³/mol. The molecule has 2 heterocycles. The Morgan fingerprint density at radius 3 is 2.22 bits per heavy atom. The first kappa shape index (κ1) is 29.6. The van der Waals surface area contributed by atoms with E-state index in [2.05, 4.69) is 73.9 Å². The maximum absolute atomic E-state index is 6.38. The summed E-state index contributed by atoms with van der Waals surface area (Å²) in [6.45, 7) is 2.64. The molecule has 2 aromatic carbocycles. The Morgan fingerprint density at radius 1 is 0.717 bits per heavy atom. The highest BCUT2D eigenvalue weighted by atomic mass is 15.4. The molecule has 0 spiro atoms. The molecule has 240 valence electrons. The Morgan fingerprint density at radius 2 is 1.43 bits per heavy atom. The number of anilines is 3. The van der Waals surface area contributed by atoms with Crippen molar-refractivity contribution in [1.29, 1.82) is 0 Å². The van der Waals surface area contributed by atoms with E-state index in [4.69, 9.17) is 10.8 Å². The van der Waals surface area contributed by atoms with Gasteiger partial charge in [-0.25, -0.2) is 0 Å². The van der Waals surface area contributed by atoms with Crippen LogP contribution in [0.3, 0.4) is 0 Å². The fraction of sp³-hybridized carbons (Fsp3) is 0.526. The lowest BCUT2D eigenvalue weighted by atomic mass is 9.99. The zero-order chi connectivity index (χ0) is 30.9. The van der Waals surface area contributed by atoms with Gasteiger partial charge in [-0.15, -0.1) is 15.3 Å². The summed E-state index contributed by atoms with van der Waals surface area (Å²) < 4.78 is 1.60. The average molecular weight is 617 g/mol. The lowest BCUT2D eigenvalue weighted by Crippen LogP contribution is -2.41. The van der Waals surface area contributed by atoms with Gasteiger partial charge in [-0.3, -0.25) is 4.90 Å². The van der Waals surface area contributed by atoms with Gasteiger partial charge >= 0.3 is 0 Å². The van der Waals surface area contributed by atoms with Crippen LogP contribution in [-0.4, -0.2) is 49.0 Å². The van der Waals surface area contributed by atoms with E-state index in [-0.39, 0.29) is 0 Å². The van der Waals surface area contributed by atoms with Crippen molar-refractivity contribution in [3.63, 3.8) is 0 Å². The maximum Gasteiger partial charge on any atom is 0.248 e. The van der Waals surface area contributed by atoms with Crippen LogP contribution in [0.4, 0.5) is 17.6 Å². The van der Waals surface area contributed by atoms with E-state index in [1.165, 1.54) is 105 Å². The molecular formula is C38H48N8. The van der Waals surface area contributed by atoms with Crippen LogP contribution in [0.25, 0.3) is 17.1 Å². The first-order valence-electron chi connectivity index (χ1n) is 18.0. The predicted octanol–water partition coefficient (Wildman–Crippen LogP) is 7.47. The fourth-order valence-corrected chi connectivity index (χ4v) is 8.81. The molecule has 0 aliphatic heterocycles. The molecule has 1 atom stereocenters. The number of hydrogen-bond acceptors (Lipinski definition) is 7. The smallest absolute Gasteiger partial charge is 0.248 e. The molecule has 2 aromatic heterocycles. The van der Waals surface area contributed by atoms with E-state index in [1.807, 2.05) is 0 Å². The molecule has 8 nitrogen and oxygen atoms in total. The minimum absolute atomic E-state index is 0.299. The molecule has 3 N–H and O–H groups in total. The Labute approximate surface area is 273 Å². The third kappa shape index (κ3) is 6.28. The second-order valence-corrected chi connectivity index (χ2v) is 14.4. The van der Waals surface area contributed by atoms with E-state index in [1.54, 1.807) is 4.68 Å². The van der Waals surface area contributed by atoms with E-state index in [0.717, 1.165) is 55.3 Å². The summed E-state index contributed by atoms with van der Waals surface area (Å²) in [5, 5.41) is 17.3. The van der Waals surface area contributed by atoms with Crippen molar-refractivity contribution in [2.45, 2.75) is 102 Å². The number of aromatic nitrogens is 5. The van der Waals surface area contributed by atoms with Gasteiger partial charge in [0.1, 0.15) is 0 Å². The zero-order valence-electron chi connectivity index (χ0n) is 27.1. The third-order valence-electron chi connectivity index (χ3n) is 11.3. The average Bonchev–Trinajstić information content (AvgIpc) is 3.80. The number of nitrogen functional groups attached to an aromatic ring is 1. The first-order chi connectivity index (χ1) is 22.7. The van der Waals surface area contributed by atoms with Crippen molar-refractivity contribution in [2.75, 3.05) is 24.1 Å². The Balaban J connectivity index is 0.965. The summed E-state index contributed by atoms with van der Waals surface area (Å²) in [5.74, 6) is 3.20. The van der Waals surface area contributed by atoms with Gasteiger partial charge in [0.15, 0.2) is 5.82 Å². The van der Waals surface area contributed by atoms with Crippen LogP contribution in [-0.2, 0) is 25.7 Å². The number of hydrogen-bond donors (Lipinski definition) is 2. The van der Waals surface area contributed by atoms with Gasteiger partial charge in [-0.1, -0.05) is 56.0 Å². The fourth-order valence-electron chi connectivity index (χ4n) is 8.81. The van der Waals surface area contributed by atoms with Crippen LogP contribution < -0.4 is 11.1 Å². The molecular weight excluding hydrogens is 568 g/mol. The molecule has 2 fully saturated rings. The van der Waals surface area contributed by atoms with Crippen LogP contribution in [0.5, 0.6) is 0 Å². The van der Waals surface area contributed by atoms with Crippen molar-refractivity contribution in [2.24, 2.45) is 11.8 Å². The Bertz CT molecular complexity index is 1650. The monoisotopic (exact) mass is 616 g/mol. The van der Waals surface area contributed by atoms with Crippen LogP contribution in [0.2, 0.25) is 0 Å². The van der Waals surface area contributed by atoms with Crippen molar-refractivity contribution in [1.82, 2.24) is 29.9 Å². The Kier molecular flexibility index (Phi) is 8.46. The number of nitrogens with two attached hydrogens (primary N) is 1. The quantitative estimate of drug-likeness (QED) is 0.198. The summed E-state index contributed by atoms with van der Waals surface area (Å²) in [4.78, 5) is 7.50. The molecule has 4 aromatic rings. The van der Waals surface area contributed by atoms with E-state index in [9.17, 15) is 0 Å². The second-order valence-electron chi connectivity index (χ2n) is 14.4. The maximum atomic E-state index is 6.38. The summed E-state index contributed by atoms with van der Waals surface area (Å²) in [7, 11) is 0. The van der Waals surface area contributed by atoms with Gasteiger partial charge in [0.05, 0.1) is 5.69 Å². The minimum Gasteiger partial charge on any atom is -0.368 e. The summed E-state index contributed by atoms with van der Waals surface area (Å²) in [6, 6.07) is 18.1. The molecule has 0 saturated heterocycles. The van der Waals surface area contributed by atoms with Crippen molar-refractivity contribution < 1.29 is 0 Å². The summed E-state index contributed by atoms with van der Waals surface area (Å²) >= 11 is 0. The third-order valence-corrected chi connectivity index (χ3v) is 11.3. The van der Waals surface area contributed by atoms with Crippen LogP contribution >= 0.6 is 0 Å². The van der Waals surface area contributed by atoms with E-state index < -0.39 is 0 Å². The highest BCUT2D eigenvalue weighted by Crippen LogP contribution is 2.34. The molecule has 2 saturated carbocycles. The summed E-state index contributed by atoms with van der Waals surface area (Å²) in [5.41, 5.74) is 15.0. The lowest BCUT2D eigenvalue weighted by molar-refractivity contribution is 0.130. The molecule has 4 aliphatic rings. The number of aryl methyl sites for hydroxylation is 4. The topological polar surface area (TPSA) is 97.8 Å². The van der Waals surface area contributed by atoms with Crippen molar-refractivity contribution >= 4 is 17.6 Å². The lowest BCUT2D eigenvalue weighted by Gasteiger charge is -2.35. The number of rotatable bonds is 8. The highest BCUT2D eigenvalue weighted by molar-refractivity contribution is 5.68. The second kappa shape index (κ2) is 13.1. The number of benzene rings is 2. The van der Waals surface area contributed by atoms with E-state index >= 15 is 0 Å². The normalized spacial score (nSPS) is 20.2. The van der Waals surface area contributed by atoms with Crippen LogP contribution in [0.15, 0.2) is 48.5 Å².